The topological polar surface area (TPSA) is 117 Å². The van der Waals surface area contributed by atoms with Gasteiger partial charge >= 0.3 is 6.09 Å². The predicted octanol–water partition coefficient (Wildman–Crippen LogP) is 4.46. The molecule has 2 unspecified atom stereocenters. The number of carbonyl (C=O) groups is 1. The molecule has 10 nitrogen and oxygen atoms in total. The lowest BCUT2D eigenvalue weighted by atomic mass is 9.87. The fourth-order valence-corrected chi connectivity index (χ4v) is 5.61. The third-order valence-electron chi connectivity index (χ3n) is 7.25. The van der Waals surface area contributed by atoms with Crippen molar-refractivity contribution in [1.29, 1.82) is 0 Å². The first-order chi connectivity index (χ1) is 19.0. The molecule has 218 valence electrons. The first-order valence-electron chi connectivity index (χ1n) is 13.8. The summed E-state index contributed by atoms with van der Waals surface area (Å²) in [6.45, 7) is 11.4. The zero-order valence-corrected chi connectivity index (χ0v) is 24.3. The van der Waals surface area contributed by atoms with Crippen LogP contribution in [0.5, 0.6) is 5.88 Å². The minimum Gasteiger partial charge on any atom is -0.479 e. The van der Waals surface area contributed by atoms with Crippen LogP contribution in [-0.2, 0) is 22.3 Å². The minimum absolute atomic E-state index is 0.0475. The molecule has 40 heavy (non-hydrogen) atoms. The molecule has 2 aromatic rings. The highest BCUT2D eigenvalue weighted by atomic mass is 19.1. The Labute approximate surface area is 235 Å². The number of carbonyl (C=O) groups excluding carboxylic acids is 1. The van der Waals surface area contributed by atoms with Gasteiger partial charge in [0, 0.05) is 54.8 Å². The third kappa shape index (κ3) is 6.63. The predicted molar refractivity (Wildman–Crippen MR) is 152 cm³/mol. The molecule has 0 bridgehead atoms. The van der Waals surface area contributed by atoms with Gasteiger partial charge in [-0.1, -0.05) is 0 Å². The number of nitrogens with two attached hydrogens (primary N) is 1. The van der Waals surface area contributed by atoms with Crippen molar-refractivity contribution in [2.24, 2.45) is 16.6 Å². The zero-order chi connectivity index (χ0) is 29.0. The molecular weight excluding hydrogens is 515 g/mol. The number of hydrogen-bond donors (Lipinski definition) is 1. The van der Waals surface area contributed by atoms with Gasteiger partial charge in [-0.15, -0.1) is 0 Å². The average molecular weight is 557 g/mol. The lowest BCUT2D eigenvalue weighted by molar-refractivity contribution is -0.00654. The number of allylic oxidation sites excluding steroid dienone is 1. The minimum atomic E-state index is -0.550. The molecule has 0 radical (unpaired) electrons. The van der Waals surface area contributed by atoms with Crippen LogP contribution in [0.1, 0.15) is 58.7 Å². The fraction of sp³-hybridized carbons (Fsp3) is 0.586. The summed E-state index contributed by atoms with van der Waals surface area (Å²) in [6.07, 6.45) is 7.45. The van der Waals surface area contributed by atoms with Gasteiger partial charge in [-0.3, -0.25) is 4.99 Å². The summed E-state index contributed by atoms with van der Waals surface area (Å²) in [7, 11) is 1.38. The van der Waals surface area contributed by atoms with Crippen LogP contribution in [0.3, 0.4) is 0 Å². The van der Waals surface area contributed by atoms with Gasteiger partial charge in [0.1, 0.15) is 5.60 Å². The van der Waals surface area contributed by atoms with Crippen molar-refractivity contribution in [3.8, 4) is 17.1 Å². The molecule has 2 aliphatic rings. The van der Waals surface area contributed by atoms with Gasteiger partial charge < -0.3 is 24.8 Å². The van der Waals surface area contributed by atoms with Crippen LogP contribution in [0.2, 0.25) is 0 Å². The molecule has 4 heterocycles. The van der Waals surface area contributed by atoms with E-state index in [1.165, 1.54) is 19.4 Å². The first-order valence-corrected chi connectivity index (χ1v) is 13.8. The Morgan fingerprint density at radius 3 is 2.58 bits per heavy atom. The van der Waals surface area contributed by atoms with Gasteiger partial charge in [-0.25, -0.2) is 18.9 Å². The average Bonchev–Trinajstić information content (AvgIpc) is 3.05. The molecule has 1 amide bonds. The summed E-state index contributed by atoms with van der Waals surface area (Å²) < 4.78 is 32.6. The number of hydrogen-bond acceptors (Lipinski definition) is 8. The molecule has 0 saturated carbocycles. The molecule has 0 aliphatic carbocycles. The molecule has 2 aliphatic heterocycles. The maximum atomic E-state index is 14.5. The number of nitrogens with zero attached hydrogens (tertiary/aromatic N) is 5. The third-order valence-corrected chi connectivity index (χ3v) is 7.25. The van der Waals surface area contributed by atoms with Crippen molar-refractivity contribution in [3.05, 3.63) is 35.5 Å². The molecular formula is C29H41FN6O4. The van der Waals surface area contributed by atoms with Gasteiger partial charge in [-0.05, 0) is 65.9 Å². The number of fused-ring (bicyclic) bond motifs is 1. The van der Waals surface area contributed by atoms with Crippen LogP contribution in [0, 0.1) is 11.7 Å². The molecule has 0 spiro atoms. The van der Waals surface area contributed by atoms with Crippen molar-refractivity contribution in [1.82, 2.24) is 19.7 Å². The van der Waals surface area contributed by atoms with E-state index in [1.807, 2.05) is 25.7 Å². The Kier molecular flexibility index (Phi) is 9.12. The molecule has 2 atom stereocenters. The number of aromatic nitrogens is 3. The van der Waals surface area contributed by atoms with Crippen molar-refractivity contribution in [2.75, 3.05) is 26.9 Å². The molecule has 0 aromatic carbocycles. The normalized spacial score (nSPS) is 22.2. The van der Waals surface area contributed by atoms with Crippen LogP contribution >= 0.6 is 0 Å². The quantitative estimate of drug-likeness (QED) is 0.522. The van der Waals surface area contributed by atoms with Gasteiger partial charge in [0.2, 0.25) is 5.88 Å². The van der Waals surface area contributed by atoms with Crippen molar-refractivity contribution >= 4 is 18.0 Å². The van der Waals surface area contributed by atoms with E-state index in [0.29, 0.717) is 55.5 Å². The number of amides is 1. The maximum Gasteiger partial charge on any atom is 0.410 e. The highest BCUT2D eigenvalue weighted by Crippen LogP contribution is 2.32. The summed E-state index contributed by atoms with van der Waals surface area (Å²) >= 11 is 0. The van der Waals surface area contributed by atoms with Crippen LogP contribution < -0.4 is 10.5 Å². The van der Waals surface area contributed by atoms with Gasteiger partial charge in [0.05, 0.1) is 37.4 Å². The lowest BCUT2D eigenvalue weighted by Gasteiger charge is -2.42. The molecule has 2 N–H and O–H groups in total. The second kappa shape index (κ2) is 12.4. The molecule has 1 saturated heterocycles. The van der Waals surface area contributed by atoms with Crippen LogP contribution in [0.4, 0.5) is 9.18 Å². The van der Waals surface area contributed by atoms with Crippen LogP contribution in [0.15, 0.2) is 23.5 Å². The van der Waals surface area contributed by atoms with E-state index in [-0.39, 0.29) is 24.1 Å². The Morgan fingerprint density at radius 1 is 1.25 bits per heavy atom. The second-order valence-electron chi connectivity index (χ2n) is 11.5. The number of piperidine rings is 1. The molecule has 11 heteroatoms. The monoisotopic (exact) mass is 556 g/mol. The molecule has 1 fully saturated rings. The number of ether oxygens (including phenoxy) is 3. The lowest BCUT2D eigenvalue weighted by Crippen LogP contribution is -2.51. The van der Waals surface area contributed by atoms with Crippen molar-refractivity contribution in [2.45, 2.75) is 78.0 Å². The smallest absolute Gasteiger partial charge is 0.410 e. The van der Waals surface area contributed by atoms with Gasteiger partial charge in [0.25, 0.3) is 0 Å². The highest BCUT2D eigenvalue weighted by Gasteiger charge is 2.36. The van der Waals surface area contributed by atoms with E-state index in [2.05, 4.69) is 18.8 Å². The number of aliphatic imine (C=N–C) groups is 1. The number of likely N-dealkylation sites (tertiary alicyclic amines) is 1. The van der Waals surface area contributed by atoms with Gasteiger partial charge in [0.15, 0.2) is 5.82 Å². The summed E-state index contributed by atoms with van der Waals surface area (Å²) in [5, 5.41) is 4.84. The van der Waals surface area contributed by atoms with Crippen LogP contribution in [-0.4, -0.2) is 76.5 Å². The SMILES string of the molecule is COc1ncc(-c2nn(C(C=NCC3CC(C)N(C(=O)OC(C)(C)C)C(C)C3)=CN)c3c2CCOCC3)cc1F. The molecule has 2 aromatic heterocycles. The standard InChI is InChI=1S/C29H41FN6O4/c1-18-11-20(12-19(2)35(18)28(37)40-29(3,4)5)15-32-17-22(14-31)36-25-8-10-39-9-7-23(25)26(34-36)21-13-24(30)27(38-6)33-16-21/h13-14,16-20H,7-12,15,31H2,1-6H3. The largest absolute Gasteiger partial charge is 0.479 e. The Balaban J connectivity index is 1.51. The van der Waals surface area contributed by atoms with Crippen molar-refractivity contribution < 1.29 is 23.4 Å². The van der Waals surface area contributed by atoms with Crippen LogP contribution in [0.25, 0.3) is 17.0 Å². The van der Waals surface area contributed by atoms with Gasteiger partial charge in [-0.2, -0.15) is 5.10 Å². The van der Waals surface area contributed by atoms with Crippen molar-refractivity contribution in [3.63, 3.8) is 0 Å². The number of pyridine rings is 1. The highest BCUT2D eigenvalue weighted by molar-refractivity contribution is 6.02. The van der Waals surface area contributed by atoms with E-state index in [0.717, 1.165) is 24.1 Å². The number of rotatable bonds is 6. The van der Waals surface area contributed by atoms with E-state index in [4.69, 9.17) is 30.0 Å². The van der Waals surface area contributed by atoms with E-state index < -0.39 is 11.4 Å². The zero-order valence-electron chi connectivity index (χ0n) is 24.3. The summed E-state index contributed by atoms with van der Waals surface area (Å²) in [4.78, 5) is 23.4. The maximum absolute atomic E-state index is 14.5. The fourth-order valence-electron chi connectivity index (χ4n) is 5.61. The Morgan fingerprint density at radius 2 is 1.95 bits per heavy atom. The Bertz CT molecular complexity index is 1260. The molecule has 4 rings (SSSR count). The Hall–Kier alpha value is -3.47. The number of methoxy groups -OCH3 is 1. The summed E-state index contributed by atoms with van der Waals surface area (Å²) in [5.41, 5.74) is 9.29. The van der Waals surface area contributed by atoms with E-state index in [1.54, 1.807) is 17.1 Å². The second-order valence-corrected chi connectivity index (χ2v) is 11.5. The first kappa shape index (κ1) is 29.5. The summed E-state index contributed by atoms with van der Waals surface area (Å²) in [6, 6.07) is 1.48. The van der Waals surface area contributed by atoms with E-state index in [9.17, 15) is 9.18 Å². The van der Waals surface area contributed by atoms with E-state index >= 15 is 0 Å². The summed E-state index contributed by atoms with van der Waals surface area (Å²) in [5.74, 6) is -0.302. The number of halogens is 1.